The van der Waals surface area contributed by atoms with Gasteiger partial charge in [0, 0.05) is 0 Å². The van der Waals surface area contributed by atoms with E-state index in [9.17, 15) is 42.0 Å². The Morgan fingerprint density at radius 2 is 0.273 bits per heavy atom. The van der Waals surface area contributed by atoms with Gasteiger partial charge in [0.1, 0.15) is 0 Å². The van der Waals surface area contributed by atoms with Gasteiger partial charge in [-0.05, 0) is 0 Å². The van der Waals surface area contributed by atoms with Crippen LogP contribution in [-0.4, -0.2) is 27.8 Å². The fourth-order valence-corrected chi connectivity index (χ4v) is 0. The van der Waals surface area contributed by atoms with E-state index in [2.05, 4.69) is 0 Å². The Morgan fingerprint density at radius 1 is 0.273 bits per heavy atom. The second-order valence-electron chi connectivity index (χ2n) is 2.14. The molecule has 0 fully saturated rings. The minimum atomic E-state index is -11.2. The number of quaternary nitrogens is 6. The first-order valence-electron chi connectivity index (χ1n) is 2.27. The Labute approximate surface area is 117 Å². The molecule has 0 aromatic rings. The van der Waals surface area contributed by atoms with E-state index in [0.717, 1.165) is 0 Å². The molecule has 0 aliphatic heterocycles. The quantitative estimate of drug-likeness (QED) is 0.191. The number of halogens is 14. The molecule has 0 aromatic carbocycles. The zero-order chi connectivity index (χ0) is 12.8. The van der Waals surface area contributed by atoms with Crippen molar-refractivity contribution in [2.45, 2.75) is 0 Å². The largest absolute Gasteiger partial charge is 0.369 e. The predicted molar refractivity (Wildman–Crippen MR) is 60.7 cm³/mol. The molecule has 0 amide bonds. The third kappa shape index (κ3) is 392000. The Kier molecular flexibility index (Phi) is 28.4. The first kappa shape index (κ1) is 67.6. The average Bonchev–Trinajstić information content (AvgIpc) is 0.938. The fraction of sp³-hybridized carbons (Fsp3) is 0. The molecule has 0 atom stereocenters. The van der Waals surface area contributed by atoms with E-state index in [-0.39, 0.29) is 46.3 Å². The van der Waals surface area contributed by atoms with E-state index >= 15 is 0 Å². The summed E-state index contributed by atoms with van der Waals surface area (Å²) >= 11 is -22.3. The van der Waals surface area contributed by atoms with Gasteiger partial charge in [0.2, 0.25) is 0 Å². The predicted octanol–water partition coefficient (Wildman–Crippen LogP) is 0.546. The van der Waals surface area contributed by atoms with Gasteiger partial charge in [-0.2, -0.15) is 0 Å². The van der Waals surface area contributed by atoms with E-state index in [1.54, 1.807) is 0 Å². The summed E-state index contributed by atoms with van der Waals surface area (Å²) in [5.41, 5.74) is 0. The van der Waals surface area contributed by atoms with Crippen LogP contribution in [0.2, 0.25) is 0 Å². The topological polar surface area (TPSA) is 219 Å². The summed E-state index contributed by atoms with van der Waals surface area (Å²) in [4.78, 5) is 0. The van der Waals surface area contributed by atoms with Crippen molar-refractivity contribution in [1.29, 1.82) is 0 Å². The molecular weight excluding hydrogens is 495 g/mol. The Bertz CT molecular complexity index is 175. The molecule has 0 spiro atoms. The van der Waals surface area contributed by atoms with Crippen LogP contribution < -0.4 is 46.3 Å². The zero-order valence-corrected chi connectivity index (χ0v) is 16.5. The monoisotopic (exact) mass is 522 g/mol. The van der Waals surface area contributed by atoms with Crippen molar-refractivity contribution >= 4 is 27.8 Å². The summed E-state index contributed by atoms with van der Waals surface area (Å²) in [5, 5.41) is 0. The van der Waals surface area contributed by atoms with E-state index in [0.29, 0.717) is 0 Å². The van der Waals surface area contributed by atoms with Crippen molar-refractivity contribution in [3.05, 3.63) is 0 Å². The Balaban J connectivity index is -0.0000000120. The molecule has 0 saturated heterocycles. The van der Waals surface area contributed by atoms with Crippen molar-refractivity contribution in [3.63, 3.8) is 0 Å². The van der Waals surface area contributed by atoms with Crippen LogP contribution in [0, 0.1) is 0 Å². The molecule has 0 rings (SSSR count). The van der Waals surface area contributed by atoms with Gasteiger partial charge in [0.05, 0.1) is 0 Å². The van der Waals surface area contributed by atoms with Crippen LogP contribution in [0.25, 0.3) is 0 Å². The van der Waals surface area contributed by atoms with E-state index in [1.165, 1.54) is 0 Å². The van der Waals surface area contributed by atoms with Crippen LogP contribution in [0.3, 0.4) is 0 Å². The molecule has 0 saturated carbocycles. The SMILES string of the molecule is [F-].[F-].[F][Ge-2]([F])([F])([F])([F])[F].[F][Ge-2]([F])([F])([F])([F])[F].[NH4+].[NH4+].[NH4+].[NH4+].[NH4+].[NH4+]. The maximum Gasteiger partial charge on any atom is -0.369 e. The fourth-order valence-electron chi connectivity index (χ4n) is 0. The maximum atomic E-state index is 9.92. The number of hydrogen-bond acceptors (Lipinski definition) is 0. The second kappa shape index (κ2) is 9.23. The van der Waals surface area contributed by atoms with Crippen LogP contribution in [0.4, 0.5) is 42.0 Å². The summed E-state index contributed by atoms with van der Waals surface area (Å²) in [5.74, 6) is 0. The molecular formula is H24F14Ge2N6. The number of rotatable bonds is 0. The Hall–Kier alpha value is -0.134. The van der Waals surface area contributed by atoms with E-state index < -0.39 is 27.8 Å². The molecule has 0 unspecified atom stereocenters. The molecule has 0 heterocycles. The van der Waals surface area contributed by atoms with E-state index in [4.69, 9.17) is 0 Å². The molecule has 0 aliphatic rings. The molecule has 160 valence electrons. The molecule has 6 nitrogen and oxygen atoms in total. The van der Waals surface area contributed by atoms with Crippen LogP contribution in [0.5, 0.6) is 0 Å². The smallest absolute Gasteiger partial charge is 0.369 e. The normalized spacial score (nSPS) is 14.7. The Morgan fingerprint density at radius 3 is 0.273 bits per heavy atom. The standard InChI is InChI=1S/2F6Ge.2FH.6H3N/c2*1-7(2,3,4,5)6;;;;;;;;/h;;2*1H;6*1H3/q2*-2;;;;;;;;/p+4. The molecule has 0 bridgehead atoms. The summed E-state index contributed by atoms with van der Waals surface area (Å²) in [7, 11) is 0. The van der Waals surface area contributed by atoms with Gasteiger partial charge in [-0.15, -0.1) is 0 Å². The first-order valence-corrected chi connectivity index (χ1v) is 11.8. The second-order valence-corrected chi connectivity index (χ2v) is 11.1. The summed E-state index contributed by atoms with van der Waals surface area (Å²) < 4.78 is 119. The van der Waals surface area contributed by atoms with Crippen LogP contribution in [0.15, 0.2) is 0 Å². The molecule has 0 radical (unpaired) electrons. The maximum absolute atomic E-state index is 11.2. The third-order valence-corrected chi connectivity index (χ3v) is 0. The van der Waals surface area contributed by atoms with Crippen LogP contribution >= 0.6 is 0 Å². The summed E-state index contributed by atoms with van der Waals surface area (Å²) in [6.07, 6.45) is 0. The van der Waals surface area contributed by atoms with Gasteiger partial charge < -0.3 is 46.3 Å². The van der Waals surface area contributed by atoms with Crippen LogP contribution in [0.1, 0.15) is 0 Å². The van der Waals surface area contributed by atoms with Crippen LogP contribution in [-0.2, 0) is 0 Å². The van der Waals surface area contributed by atoms with E-state index in [1.807, 2.05) is 0 Å². The van der Waals surface area contributed by atoms with Gasteiger partial charge in [-0.1, -0.05) is 0 Å². The van der Waals surface area contributed by atoms with Gasteiger partial charge in [-0.3, -0.25) is 0 Å². The molecule has 0 aromatic heterocycles. The van der Waals surface area contributed by atoms with Gasteiger partial charge in [0.25, 0.3) is 0 Å². The average molecular weight is 519 g/mol. The van der Waals surface area contributed by atoms with Crippen molar-refractivity contribution in [2.24, 2.45) is 0 Å². The van der Waals surface area contributed by atoms with Crippen molar-refractivity contribution in [3.8, 4) is 0 Å². The van der Waals surface area contributed by atoms with Crippen molar-refractivity contribution in [1.82, 2.24) is 36.9 Å². The molecule has 22 heteroatoms. The minimum absolute atomic E-state index is 0. The van der Waals surface area contributed by atoms with Gasteiger partial charge in [-0.25, -0.2) is 0 Å². The number of hydrogen-bond donors (Lipinski definition) is 6. The molecule has 22 heavy (non-hydrogen) atoms. The van der Waals surface area contributed by atoms with Crippen molar-refractivity contribution < 1.29 is 51.4 Å². The van der Waals surface area contributed by atoms with Gasteiger partial charge in [0.15, 0.2) is 0 Å². The summed E-state index contributed by atoms with van der Waals surface area (Å²) in [6.45, 7) is 0. The summed E-state index contributed by atoms with van der Waals surface area (Å²) in [6, 6.07) is 0. The third-order valence-electron chi connectivity index (χ3n) is 0. The minimum Gasteiger partial charge on any atom is -0.369 e. The van der Waals surface area contributed by atoms with Gasteiger partial charge >= 0.3 is 69.8 Å². The zero-order valence-electron chi connectivity index (χ0n) is 12.3. The molecule has 0 aliphatic carbocycles. The van der Waals surface area contributed by atoms with Crippen molar-refractivity contribution in [2.75, 3.05) is 0 Å². The first-order chi connectivity index (χ1) is 4.90. The molecule has 24 N–H and O–H groups in total.